The first-order chi connectivity index (χ1) is 16.4. The molecule has 1 amide bonds. The zero-order chi connectivity index (χ0) is 23.7. The lowest BCUT2D eigenvalue weighted by molar-refractivity contribution is -0.120. The van der Waals surface area contributed by atoms with Crippen LogP contribution >= 0.6 is 0 Å². The van der Waals surface area contributed by atoms with Gasteiger partial charge in [0.25, 0.3) is 0 Å². The molecule has 0 unspecified atom stereocenters. The number of hydrogen-bond acceptors (Lipinski definition) is 4. The first kappa shape index (κ1) is 22.3. The van der Waals surface area contributed by atoms with Crippen molar-refractivity contribution >= 4 is 32.7 Å². The van der Waals surface area contributed by atoms with Crippen molar-refractivity contribution in [2.24, 2.45) is 5.92 Å². The number of benzene rings is 3. The lowest BCUT2D eigenvalue weighted by Gasteiger charge is -2.30. The third kappa shape index (κ3) is 4.47. The van der Waals surface area contributed by atoms with E-state index in [0.717, 1.165) is 16.8 Å². The number of aryl methyl sites for hydroxylation is 1. The summed E-state index contributed by atoms with van der Waals surface area (Å²) in [5.41, 5.74) is 4.16. The number of hydrogen-bond donors (Lipinski definition) is 2. The molecule has 7 nitrogen and oxygen atoms in total. The van der Waals surface area contributed by atoms with Crippen LogP contribution in [0.1, 0.15) is 18.4 Å². The van der Waals surface area contributed by atoms with Crippen molar-refractivity contribution in [2.45, 2.75) is 24.7 Å². The van der Waals surface area contributed by atoms with Crippen LogP contribution in [0, 0.1) is 12.8 Å². The fourth-order valence-electron chi connectivity index (χ4n) is 4.36. The number of piperidine rings is 1. The van der Waals surface area contributed by atoms with E-state index in [2.05, 4.69) is 15.3 Å². The van der Waals surface area contributed by atoms with Crippen molar-refractivity contribution in [1.29, 1.82) is 0 Å². The Morgan fingerprint density at radius 1 is 1.00 bits per heavy atom. The number of imidazole rings is 1. The molecular formula is C26H26N4O3S. The fourth-order valence-corrected chi connectivity index (χ4v) is 5.85. The molecule has 2 N–H and O–H groups in total. The number of sulfonamides is 1. The maximum Gasteiger partial charge on any atom is 0.243 e. The van der Waals surface area contributed by atoms with Crippen molar-refractivity contribution in [1.82, 2.24) is 14.3 Å². The number of carbonyl (C=O) groups excluding carboxylic acids is 1. The quantitative estimate of drug-likeness (QED) is 0.443. The summed E-state index contributed by atoms with van der Waals surface area (Å²) in [5, 5.41) is 2.96. The summed E-state index contributed by atoms with van der Waals surface area (Å²) in [6, 6.07) is 22.3. The first-order valence-electron chi connectivity index (χ1n) is 11.3. The Bertz CT molecular complexity index is 1440. The number of rotatable bonds is 5. The zero-order valence-corrected chi connectivity index (χ0v) is 19.7. The monoisotopic (exact) mass is 474 g/mol. The van der Waals surface area contributed by atoms with Crippen LogP contribution in [0.4, 0.5) is 5.69 Å². The molecule has 1 saturated heterocycles. The van der Waals surface area contributed by atoms with Crippen molar-refractivity contribution < 1.29 is 13.2 Å². The van der Waals surface area contributed by atoms with Gasteiger partial charge in [0.15, 0.2) is 0 Å². The van der Waals surface area contributed by atoms with Gasteiger partial charge in [0.05, 0.1) is 15.9 Å². The summed E-state index contributed by atoms with van der Waals surface area (Å²) in [6.45, 7) is 2.59. The first-order valence-corrected chi connectivity index (χ1v) is 12.8. The predicted octanol–water partition coefficient (Wildman–Crippen LogP) is 4.58. The number of aromatic amines is 1. The second-order valence-electron chi connectivity index (χ2n) is 8.67. The zero-order valence-electron chi connectivity index (χ0n) is 18.9. The Morgan fingerprint density at radius 3 is 2.50 bits per heavy atom. The molecule has 0 atom stereocenters. The van der Waals surface area contributed by atoms with Gasteiger partial charge in [-0.1, -0.05) is 42.5 Å². The second kappa shape index (κ2) is 9.04. The third-order valence-corrected chi connectivity index (χ3v) is 8.14. The highest BCUT2D eigenvalue weighted by Crippen LogP contribution is 2.28. The van der Waals surface area contributed by atoms with E-state index in [4.69, 9.17) is 0 Å². The van der Waals surface area contributed by atoms with Crippen molar-refractivity contribution in [2.75, 3.05) is 18.4 Å². The number of nitrogens with one attached hydrogen (secondary N) is 2. The number of fused-ring (bicyclic) bond motifs is 1. The standard InChI is InChI=1S/C26H26N4O3S/c1-18-6-5-9-21(16-18)27-26(31)20-12-14-30(15-13-20)34(32,33)22-10-11-23-24(17-22)29-25(28-23)19-7-3-2-4-8-19/h2-11,16-17,20H,12-15H2,1H3,(H,27,31)(H,28,29). The van der Waals surface area contributed by atoms with Crippen molar-refractivity contribution in [3.05, 3.63) is 78.4 Å². The second-order valence-corrected chi connectivity index (χ2v) is 10.6. The average molecular weight is 475 g/mol. The lowest BCUT2D eigenvalue weighted by atomic mass is 9.97. The Hall–Kier alpha value is -3.49. The molecule has 1 fully saturated rings. The van der Waals surface area contributed by atoms with E-state index in [1.54, 1.807) is 18.2 Å². The summed E-state index contributed by atoms with van der Waals surface area (Å²) >= 11 is 0. The van der Waals surface area contributed by atoms with Gasteiger partial charge in [-0.3, -0.25) is 4.79 Å². The van der Waals surface area contributed by atoms with E-state index in [0.29, 0.717) is 42.8 Å². The third-order valence-electron chi connectivity index (χ3n) is 6.25. The van der Waals surface area contributed by atoms with Crippen LogP contribution in [0.25, 0.3) is 22.4 Å². The minimum Gasteiger partial charge on any atom is -0.338 e. The summed E-state index contributed by atoms with van der Waals surface area (Å²) < 4.78 is 28.1. The SMILES string of the molecule is Cc1cccc(NC(=O)C2CCN(S(=O)(=O)c3ccc4nc(-c5ccccc5)[nH]c4c3)CC2)c1. The smallest absolute Gasteiger partial charge is 0.243 e. The van der Waals surface area contributed by atoms with E-state index in [-0.39, 0.29) is 16.7 Å². The molecule has 5 rings (SSSR count). The van der Waals surface area contributed by atoms with Gasteiger partial charge in [0.2, 0.25) is 15.9 Å². The van der Waals surface area contributed by atoms with Gasteiger partial charge in [-0.25, -0.2) is 13.4 Å². The number of anilines is 1. The van der Waals surface area contributed by atoms with Crippen molar-refractivity contribution in [3.8, 4) is 11.4 Å². The lowest BCUT2D eigenvalue weighted by Crippen LogP contribution is -2.41. The molecule has 8 heteroatoms. The van der Waals surface area contributed by atoms with Gasteiger partial charge < -0.3 is 10.3 Å². The van der Waals surface area contributed by atoms with Gasteiger partial charge in [0, 0.05) is 30.3 Å². The average Bonchev–Trinajstić information content (AvgIpc) is 3.28. The Labute approximate surface area is 198 Å². The Kier molecular flexibility index (Phi) is 5.93. The van der Waals surface area contributed by atoms with Gasteiger partial charge in [-0.15, -0.1) is 0 Å². The summed E-state index contributed by atoms with van der Waals surface area (Å²) in [6.07, 6.45) is 0.975. The molecule has 174 valence electrons. The maximum atomic E-state index is 13.3. The largest absolute Gasteiger partial charge is 0.338 e. The Balaban J connectivity index is 1.28. The number of carbonyl (C=O) groups is 1. The molecule has 0 spiro atoms. The molecule has 1 aliphatic heterocycles. The molecule has 0 radical (unpaired) electrons. The van der Waals surface area contributed by atoms with Crippen LogP contribution in [0.3, 0.4) is 0 Å². The molecule has 1 aliphatic rings. The number of nitrogens with zero attached hydrogens (tertiary/aromatic N) is 2. The molecule has 0 saturated carbocycles. The predicted molar refractivity (Wildman–Crippen MR) is 133 cm³/mol. The Morgan fingerprint density at radius 2 is 1.76 bits per heavy atom. The minimum atomic E-state index is -3.67. The molecule has 4 aromatic rings. The van der Waals surface area contributed by atoms with Gasteiger partial charge >= 0.3 is 0 Å². The van der Waals surface area contributed by atoms with E-state index >= 15 is 0 Å². The summed E-state index contributed by atoms with van der Waals surface area (Å²) in [5.74, 6) is 0.427. The normalized spacial score (nSPS) is 15.4. The fraction of sp³-hybridized carbons (Fsp3) is 0.231. The van der Waals surface area contributed by atoms with E-state index in [9.17, 15) is 13.2 Å². The molecule has 2 heterocycles. The van der Waals surface area contributed by atoms with Crippen LogP contribution < -0.4 is 5.32 Å². The van der Waals surface area contributed by atoms with Crippen LogP contribution in [-0.2, 0) is 14.8 Å². The maximum absolute atomic E-state index is 13.3. The summed E-state index contributed by atoms with van der Waals surface area (Å²) in [4.78, 5) is 20.7. The van der Waals surface area contributed by atoms with Crippen LogP contribution in [0.5, 0.6) is 0 Å². The topological polar surface area (TPSA) is 95.2 Å². The van der Waals surface area contributed by atoms with Gasteiger partial charge in [-0.2, -0.15) is 4.31 Å². The van der Waals surface area contributed by atoms with Crippen LogP contribution in [0.15, 0.2) is 77.7 Å². The van der Waals surface area contributed by atoms with Crippen LogP contribution in [-0.4, -0.2) is 41.7 Å². The molecule has 0 aliphatic carbocycles. The molecule has 3 aromatic carbocycles. The molecule has 0 bridgehead atoms. The number of H-pyrrole nitrogens is 1. The highest BCUT2D eigenvalue weighted by atomic mass is 32.2. The molecule has 34 heavy (non-hydrogen) atoms. The van der Waals surface area contributed by atoms with Crippen LogP contribution in [0.2, 0.25) is 0 Å². The highest BCUT2D eigenvalue weighted by molar-refractivity contribution is 7.89. The molecule has 1 aromatic heterocycles. The van der Waals surface area contributed by atoms with E-state index in [1.807, 2.05) is 61.5 Å². The number of amides is 1. The number of aromatic nitrogens is 2. The van der Waals surface area contributed by atoms with Gasteiger partial charge in [-0.05, 0) is 55.7 Å². The van der Waals surface area contributed by atoms with E-state index < -0.39 is 10.0 Å². The molecular weight excluding hydrogens is 448 g/mol. The summed E-state index contributed by atoms with van der Waals surface area (Å²) in [7, 11) is -3.67. The van der Waals surface area contributed by atoms with E-state index in [1.165, 1.54) is 4.31 Å². The van der Waals surface area contributed by atoms with Crippen molar-refractivity contribution in [3.63, 3.8) is 0 Å². The van der Waals surface area contributed by atoms with Gasteiger partial charge in [0.1, 0.15) is 5.82 Å². The highest BCUT2D eigenvalue weighted by Gasteiger charge is 2.32. The minimum absolute atomic E-state index is 0.0602.